The molecule has 0 atom stereocenters. The van der Waals surface area contributed by atoms with Crippen LogP contribution in [0, 0.1) is 0 Å². The number of hydrogen-bond donors (Lipinski definition) is 1. The van der Waals surface area contributed by atoms with Gasteiger partial charge in [0, 0.05) is 11.1 Å². The zero-order valence-corrected chi connectivity index (χ0v) is 13.7. The Morgan fingerprint density at radius 3 is 2.35 bits per heavy atom. The van der Waals surface area contributed by atoms with Crippen molar-refractivity contribution in [3.05, 3.63) is 52.0 Å². The van der Waals surface area contributed by atoms with E-state index in [0.717, 1.165) is 0 Å². The Bertz CT molecular complexity index is 703. The van der Waals surface area contributed by atoms with E-state index in [0.29, 0.717) is 21.5 Å². The molecule has 23 heavy (non-hydrogen) atoms. The van der Waals surface area contributed by atoms with E-state index in [1.807, 2.05) is 0 Å². The highest BCUT2D eigenvalue weighted by atomic mass is 35.5. The molecule has 0 aliphatic rings. The van der Waals surface area contributed by atoms with E-state index in [1.165, 1.54) is 19.2 Å². The zero-order chi connectivity index (χ0) is 16.8. The van der Waals surface area contributed by atoms with E-state index in [2.05, 4.69) is 0 Å². The van der Waals surface area contributed by atoms with Crippen molar-refractivity contribution in [2.45, 2.75) is 0 Å². The molecule has 7 heteroatoms. The van der Waals surface area contributed by atoms with Gasteiger partial charge in [0.25, 0.3) is 0 Å². The van der Waals surface area contributed by atoms with Crippen LogP contribution in [0.2, 0.25) is 10.0 Å². The fraction of sp³-hybridized carbons (Fsp3) is 0.188. The van der Waals surface area contributed by atoms with Crippen LogP contribution in [0.3, 0.4) is 0 Å². The first-order valence-electron chi connectivity index (χ1n) is 6.63. The second-order valence-electron chi connectivity index (χ2n) is 4.44. The second-order valence-corrected chi connectivity index (χ2v) is 5.28. The van der Waals surface area contributed by atoms with E-state index in [4.69, 9.17) is 42.5 Å². The minimum absolute atomic E-state index is 0.0512. The Hall–Kier alpha value is -2.11. The maximum absolute atomic E-state index is 11.2. The summed E-state index contributed by atoms with van der Waals surface area (Å²) in [7, 11) is 1.49. The monoisotopic (exact) mass is 356 g/mol. The van der Waals surface area contributed by atoms with Crippen molar-refractivity contribution in [3.8, 4) is 17.2 Å². The Morgan fingerprint density at radius 1 is 1.04 bits per heavy atom. The maximum Gasteiger partial charge on any atom is 0.339 e. The lowest BCUT2D eigenvalue weighted by atomic mass is 10.2. The summed E-state index contributed by atoms with van der Waals surface area (Å²) in [6.07, 6.45) is 0. The van der Waals surface area contributed by atoms with Crippen molar-refractivity contribution in [2.24, 2.45) is 0 Å². The van der Waals surface area contributed by atoms with Gasteiger partial charge in [-0.25, -0.2) is 4.79 Å². The number of carboxylic acids is 1. The molecule has 0 bridgehead atoms. The summed E-state index contributed by atoms with van der Waals surface area (Å²) in [6, 6.07) is 9.38. The van der Waals surface area contributed by atoms with Gasteiger partial charge in [0.05, 0.1) is 12.1 Å². The molecule has 0 heterocycles. The molecule has 0 spiro atoms. The lowest BCUT2D eigenvalue weighted by Crippen LogP contribution is -2.11. The number of aromatic carboxylic acids is 1. The number of benzene rings is 2. The molecule has 0 aliphatic heterocycles. The predicted octanol–water partition coefficient (Wildman–Crippen LogP) is 4.16. The maximum atomic E-state index is 11.2. The lowest BCUT2D eigenvalue weighted by molar-refractivity contribution is 0.0691. The summed E-state index contributed by atoms with van der Waals surface area (Å²) in [5, 5.41) is 10.1. The van der Waals surface area contributed by atoms with Gasteiger partial charge in [-0.05, 0) is 30.3 Å². The molecule has 1 N–H and O–H groups in total. The fourth-order valence-corrected chi connectivity index (χ4v) is 2.28. The van der Waals surface area contributed by atoms with Crippen LogP contribution in [0.1, 0.15) is 10.4 Å². The molecular weight excluding hydrogens is 343 g/mol. The van der Waals surface area contributed by atoms with Gasteiger partial charge in [0.15, 0.2) is 0 Å². The average Bonchev–Trinajstić information content (AvgIpc) is 2.52. The number of ether oxygens (including phenoxy) is 3. The molecule has 0 amide bonds. The lowest BCUT2D eigenvalue weighted by Gasteiger charge is -2.12. The highest BCUT2D eigenvalue weighted by Gasteiger charge is 2.12. The molecule has 0 radical (unpaired) electrons. The Morgan fingerprint density at radius 2 is 1.74 bits per heavy atom. The number of halogens is 2. The van der Waals surface area contributed by atoms with E-state index >= 15 is 0 Å². The van der Waals surface area contributed by atoms with E-state index < -0.39 is 5.97 Å². The molecule has 5 nitrogen and oxygen atoms in total. The van der Waals surface area contributed by atoms with Crippen LogP contribution in [0.4, 0.5) is 0 Å². The van der Waals surface area contributed by atoms with Gasteiger partial charge >= 0.3 is 5.97 Å². The van der Waals surface area contributed by atoms with Crippen LogP contribution < -0.4 is 14.2 Å². The summed E-state index contributed by atoms with van der Waals surface area (Å²) in [6.45, 7) is 0.337. The average molecular weight is 357 g/mol. The summed E-state index contributed by atoms with van der Waals surface area (Å²) in [5.74, 6) is 0.113. The third-order valence-corrected chi connectivity index (χ3v) is 3.44. The summed E-state index contributed by atoms with van der Waals surface area (Å²) >= 11 is 11.8. The first-order chi connectivity index (χ1) is 11.0. The van der Waals surface area contributed by atoms with Crippen LogP contribution >= 0.6 is 23.2 Å². The molecule has 0 aromatic heterocycles. The van der Waals surface area contributed by atoms with Crippen LogP contribution in [0.25, 0.3) is 0 Å². The molecule has 122 valence electrons. The van der Waals surface area contributed by atoms with Crippen molar-refractivity contribution in [2.75, 3.05) is 20.3 Å². The van der Waals surface area contributed by atoms with Gasteiger partial charge in [-0.1, -0.05) is 23.2 Å². The predicted molar refractivity (Wildman–Crippen MR) is 87.4 cm³/mol. The number of carboxylic acid groups (broad SMARTS) is 1. The van der Waals surface area contributed by atoms with E-state index in [9.17, 15) is 4.79 Å². The van der Waals surface area contributed by atoms with Crippen molar-refractivity contribution in [1.82, 2.24) is 0 Å². The van der Waals surface area contributed by atoms with Gasteiger partial charge in [0.2, 0.25) is 0 Å². The third kappa shape index (κ3) is 4.68. The molecule has 2 aromatic rings. The first-order valence-corrected chi connectivity index (χ1v) is 7.39. The van der Waals surface area contributed by atoms with Crippen LogP contribution in [0.15, 0.2) is 36.4 Å². The second kappa shape index (κ2) is 7.94. The Labute approximate surface area is 143 Å². The van der Waals surface area contributed by atoms with Gasteiger partial charge in [0.1, 0.15) is 36.0 Å². The standard InChI is InChI=1S/C16H14Cl2O5/c1-21-11-3-4-12(16(19)20)15(9-11)23-7-6-22-14-5-2-10(17)8-13(14)18/h2-5,8-9H,6-7H2,1H3,(H,19,20). The summed E-state index contributed by atoms with van der Waals surface area (Å²) in [4.78, 5) is 11.2. The zero-order valence-electron chi connectivity index (χ0n) is 12.2. The van der Waals surface area contributed by atoms with Crippen molar-refractivity contribution >= 4 is 29.2 Å². The van der Waals surface area contributed by atoms with Crippen molar-refractivity contribution < 1.29 is 24.1 Å². The number of hydrogen-bond acceptors (Lipinski definition) is 4. The highest BCUT2D eigenvalue weighted by Crippen LogP contribution is 2.28. The quantitative estimate of drug-likeness (QED) is 0.754. The van der Waals surface area contributed by atoms with Gasteiger partial charge in [-0.2, -0.15) is 0 Å². The molecule has 0 saturated heterocycles. The van der Waals surface area contributed by atoms with Gasteiger partial charge < -0.3 is 19.3 Å². The topological polar surface area (TPSA) is 65.0 Å². The molecule has 2 aromatic carbocycles. The highest BCUT2D eigenvalue weighted by molar-refractivity contribution is 6.35. The van der Waals surface area contributed by atoms with Crippen LogP contribution in [-0.4, -0.2) is 31.4 Å². The SMILES string of the molecule is COc1ccc(C(=O)O)c(OCCOc2ccc(Cl)cc2Cl)c1. The minimum Gasteiger partial charge on any atom is -0.497 e. The van der Waals surface area contributed by atoms with Crippen LogP contribution in [-0.2, 0) is 0 Å². The number of carbonyl (C=O) groups is 1. The third-order valence-electron chi connectivity index (χ3n) is 2.91. The smallest absolute Gasteiger partial charge is 0.339 e. The van der Waals surface area contributed by atoms with E-state index in [-0.39, 0.29) is 24.5 Å². The molecule has 0 aliphatic carbocycles. The van der Waals surface area contributed by atoms with Gasteiger partial charge in [-0.3, -0.25) is 0 Å². The minimum atomic E-state index is -1.08. The molecular formula is C16H14Cl2O5. The number of rotatable bonds is 7. The van der Waals surface area contributed by atoms with E-state index in [1.54, 1.807) is 24.3 Å². The summed E-state index contributed by atoms with van der Waals surface area (Å²) in [5.41, 5.74) is 0.0512. The Balaban J connectivity index is 1.96. The molecule has 0 unspecified atom stereocenters. The van der Waals surface area contributed by atoms with Crippen molar-refractivity contribution in [1.29, 1.82) is 0 Å². The molecule has 2 rings (SSSR count). The first kappa shape index (κ1) is 17.2. The normalized spacial score (nSPS) is 10.2. The molecule has 0 saturated carbocycles. The number of methoxy groups -OCH3 is 1. The van der Waals surface area contributed by atoms with Crippen LogP contribution in [0.5, 0.6) is 17.2 Å². The van der Waals surface area contributed by atoms with Gasteiger partial charge in [-0.15, -0.1) is 0 Å². The van der Waals surface area contributed by atoms with Crippen molar-refractivity contribution in [3.63, 3.8) is 0 Å². The Kier molecular flexibility index (Phi) is 5.96. The molecule has 0 fully saturated rings. The fourth-order valence-electron chi connectivity index (χ4n) is 1.82. The largest absolute Gasteiger partial charge is 0.497 e. The summed E-state index contributed by atoms with van der Waals surface area (Å²) < 4.78 is 16.0.